The fourth-order valence-corrected chi connectivity index (χ4v) is 3.32. The quantitative estimate of drug-likeness (QED) is 0.908. The van der Waals surface area contributed by atoms with Crippen molar-refractivity contribution in [3.05, 3.63) is 51.9 Å². The summed E-state index contributed by atoms with van der Waals surface area (Å²) < 4.78 is 5.47. The summed E-state index contributed by atoms with van der Waals surface area (Å²) in [6, 6.07) is 9.59. The lowest BCUT2D eigenvalue weighted by Gasteiger charge is -2.29. The van der Waals surface area contributed by atoms with E-state index >= 15 is 0 Å². The second-order valence-electron chi connectivity index (χ2n) is 6.22. The number of carbonyl (C=O) groups is 1. The first kappa shape index (κ1) is 15.1. The number of aromatic amines is 1. The van der Waals surface area contributed by atoms with E-state index in [1.807, 2.05) is 30.3 Å². The first-order valence-corrected chi connectivity index (χ1v) is 8.30. The second kappa shape index (κ2) is 6.20. The number of benzene rings is 1. The molecule has 0 bridgehead atoms. The Morgan fingerprint density at radius 3 is 2.88 bits per heavy atom. The predicted octanol–water partition coefficient (Wildman–Crippen LogP) is 1.50. The first-order chi connectivity index (χ1) is 11.7. The molecular formula is C18H19N3O3. The third-order valence-electron chi connectivity index (χ3n) is 4.63. The summed E-state index contributed by atoms with van der Waals surface area (Å²) in [4.78, 5) is 34.1. The summed E-state index contributed by atoms with van der Waals surface area (Å²) in [5.74, 6) is 0.572. The Morgan fingerprint density at radius 2 is 2.12 bits per heavy atom. The van der Waals surface area contributed by atoms with E-state index in [9.17, 15) is 9.59 Å². The van der Waals surface area contributed by atoms with Gasteiger partial charge in [0, 0.05) is 25.1 Å². The summed E-state index contributed by atoms with van der Waals surface area (Å²) in [7, 11) is 0. The van der Waals surface area contributed by atoms with Gasteiger partial charge in [-0.2, -0.15) is 0 Å². The van der Waals surface area contributed by atoms with E-state index in [1.54, 1.807) is 4.90 Å². The van der Waals surface area contributed by atoms with Gasteiger partial charge in [0.1, 0.15) is 11.9 Å². The van der Waals surface area contributed by atoms with Crippen LogP contribution in [-0.4, -0.2) is 40.0 Å². The zero-order chi connectivity index (χ0) is 16.5. The third-order valence-corrected chi connectivity index (χ3v) is 4.63. The number of H-pyrrole nitrogens is 1. The smallest absolute Gasteiger partial charge is 0.256 e. The summed E-state index contributed by atoms with van der Waals surface area (Å²) in [6.45, 7) is 1.53. The lowest BCUT2D eigenvalue weighted by molar-refractivity contribution is -0.141. The van der Waals surface area contributed by atoms with Crippen molar-refractivity contribution in [1.82, 2.24) is 14.9 Å². The van der Waals surface area contributed by atoms with Crippen molar-refractivity contribution in [2.24, 2.45) is 0 Å². The summed E-state index contributed by atoms with van der Waals surface area (Å²) in [5, 5.41) is 0. The van der Waals surface area contributed by atoms with Crippen LogP contribution in [0.25, 0.3) is 11.4 Å². The van der Waals surface area contributed by atoms with Gasteiger partial charge < -0.3 is 14.6 Å². The van der Waals surface area contributed by atoms with Crippen molar-refractivity contribution >= 4 is 5.91 Å². The van der Waals surface area contributed by atoms with Gasteiger partial charge >= 0.3 is 0 Å². The molecule has 6 heteroatoms. The second-order valence-corrected chi connectivity index (χ2v) is 6.22. The minimum Gasteiger partial charge on any atom is -0.368 e. The van der Waals surface area contributed by atoms with Crippen LogP contribution in [0.2, 0.25) is 0 Å². The van der Waals surface area contributed by atoms with Crippen molar-refractivity contribution in [2.45, 2.75) is 31.9 Å². The predicted molar refractivity (Wildman–Crippen MR) is 88.4 cm³/mol. The number of fused-ring (bicyclic) bond motifs is 1. The lowest BCUT2D eigenvalue weighted by atomic mass is 10.1. The van der Waals surface area contributed by atoms with Gasteiger partial charge in [0.2, 0.25) is 0 Å². The average molecular weight is 325 g/mol. The summed E-state index contributed by atoms with van der Waals surface area (Å²) >= 11 is 0. The molecular weight excluding hydrogens is 306 g/mol. The number of rotatable bonds is 2. The molecule has 6 nitrogen and oxygen atoms in total. The fourth-order valence-electron chi connectivity index (χ4n) is 3.32. The SMILES string of the molecule is O=C([C@@H]1CCCO1)N1CCc2nc(-c3ccccc3)[nH]c(=O)c2C1. The Morgan fingerprint density at radius 1 is 1.29 bits per heavy atom. The van der Waals surface area contributed by atoms with E-state index in [0.29, 0.717) is 37.5 Å². The van der Waals surface area contributed by atoms with Gasteiger partial charge in [-0.1, -0.05) is 30.3 Å². The molecule has 0 saturated carbocycles. The Balaban J connectivity index is 1.61. The lowest BCUT2D eigenvalue weighted by Crippen LogP contribution is -2.44. The maximum atomic E-state index is 12.5. The van der Waals surface area contributed by atoms with Crippen LogP contribution >= 0.6 is 0 Å². The maximum absolute atomic E-state index is 12.5. The molecule has 3 heterocycles. The number of aromatic nitrogens is 2. The molecule has 1 N–H and O–H groups in total. The number of hydrogen-bond donors (Lipinski definition) is 1. The molecule has 4 rings (SSSR count). The van der Waals surface area contributed by atoms with Crippen LogP contribution in [0.15, 0.2) is 35.1 Å². The molecule has 1 atom stereocenters. The van der Waals surface area contributed by atoms with E-state index in [-0.39, 0.29) is 17.6 Å². The number of nitrogens with zero attached hydrogens (tertiary/aromatic N) is 2. The van der Waals surface area contributed by atoms with Crippen LogP contribution in [0.3, 0.4) is 0 Å². The Bertz CT molecular complexity index is 810. The zero-order valence-corrected chi connectivity index (χ0v) is 13.3. The molecule has 0 radical (unpaired) electrons. The van der Waals surface area contributed by atoms with Gasteiger partial charge in [0.05, 0.1) is 17.8 Å². The van der Waals surface area contributed by atoms with E-state index in [2.05, 4.69) is 9.97 Å². The van der Waals surface area contributed by atoms with Crippen LogP contribution in [0.5, 0.6) is 0 Å². The molecule has 1 saturated heterocycles. The van der Waals surface area contributed by atoms with Crippen molar-refractivity contribution in [1.29, 1.82) is 0 Å². The normalized spacial score (nSPS) is 20.0. The average Bonchev–Trinajstić information content (AvgIpc) is 3.16. The highest BCUT2D eigenvalue weighted by molar-refractivity contribution is 5.81. The standard InChI is InChI=1S/C18H19N3O3/c22-17-13-11-21(18(23)15-7-4-10-24-15)9-8-14(13)19-16(20-17)12-5-2-1-3-6-12/h1-3,5-6,15H,4,7-11H2,(H,19,20,22)/t15-/m0/s1. The van der Waals surface area contributed by atoms with Crippen LogP contribution in [0.1, 0.15) is 24.1 Å². The minimum absolute atomic E-state index is 0.00955. The molecule has 0 unspecified atom stereocenters. The number of nitrogens with one attached hydrogen (secondary N) is 1. The fraction of sp³-hybridized carbons (Fsp3) is 0.389. The van der Waals surface area contributed by atoms with Crippen molar-refractivity contribution in [3.63, 3.8) is 0 Å². The van der Waals surface area contributed by atoms with E-state index < -0.39 is 0 Å². The van der Waals surface area contributed by atoms with Crippen molar-refractivity contribution in [2.75, 3.05) is 13.2 Å². The molecule has 124 valence electrons. The third kappa shape index (κ3) is 2.73. The molecule has 2 aromatic rings. The topological polar surface area (TPSA) is 75.3 Å². The van der Waals surface area contributed by atoms with Crippen LogP contribution < -0.4 is 5.56 Å². The van der Waals surface area contributed by atoms with Gasteiger partial charge in [0.25, 0.3) is 11.5 Å². The maximum Gasteiger partial charge on any atom is 0.256 e. The number of ether oxygens (including phenoxy) is 1. The van der Waals surface area contributed by atoms with Crippen LogP contribution in [0.4, 0.5) is 0 Å². The van der Waals surface area contributed by atoms with Gasteiger partial charge in [-0.25, -0.2) is 4.98 Å². The monoisotopic (exact) mass is 325 g/mol. The van der Waals surface area contributed by atoms with Gasteiger partial charge in [-0.05, 0) is 12.8 Å². The molecule has 2 aliphatic heterocycles. The molecule has 0 spiro atoms. The van der Waals surface area contributed by atoms with Crippen molar-refractivity contribution in [3.8, 4) is 11.4 Å². The number of hydrogen-bond acceptors (Lipinski definition) is 4. The largest absolute Gasteiger partial charge is 0.368 e. The van der Waals surface area contributed by atoms with E-state index in [0.717, 1.165) is 24.1 Å². The molecule has 2 aliphatic rings. The Labute approximate surface area is 139 Å². The Kier molecular flexibility index (Phi) is 3.90. The number of amides is 1. The number of carbonyl (C=O) groups excluding carboxylic acids is 1. The molecule has 24 heavy (non-hydrogen) atoms. The minimum atomic E-state index is -0.345. The summed E-state index contributed by atoms with van der Waals surface area (Å²) in [6.07, 6.45) is 1.94. The van der Waals surface area contributed by atoms with E-state index in [4.69, 9.17) is 4.74 Å². The van der Waals surface area contributed by atoms with Crippen LogP contribution in [0, 0.1) is 0 Å². The van der Waals surface area contributed by atoms with Gasteiger partial charge in [-0.3, -0.25) is 9.59 Å². The highest BCUT2D eigenvalue weighted by Gasteiger charge is 2.31. The van der Waals surface area contributed by atoms with Crippen LogP contribution in [-0.2, 0) is 22.5 Å². The highest BCUT2D eigenvalue weighted by atomic mass is 16.5. The molecule has 1 aromatic heterocycles. The molecule has 1 amide bonds. The molecule has 1 aromatic carbocycles. The summed E-state index contributed by atoms with van der Waals surface area (Å²) in [5.41, 5.74) is 2.10. The van der Waals surface area contributed by atoms with Gasteiger partial charge in [0.15, 0.2) is 0 Å². The van der Waals surface area contributed by atoms with Crippen molar-refractivity contribution < 1.29 is 9.53 Å². The van der Waals surface area contributed by atoms with E-state index in [1.165, 1.54) is 0 Å². The first-order valence-electron chi connectivity index (χ1n) is 8.30. The molecule has 1 fully saturated rings. The zero-order valence-electron chi connectivity index (χ0n) is 13.3. The highest BCUT2D eigenvalue weighted by Crippen LogP contribution is 2.21. The van der Waals surface area contributed by atoms with Gasteiger partial charge in [-0.15, -0.1) is 0 Å². The molecule has 0 aliphatic carbocycles. The Hall–Kier alpha value is -2.47.